The van der Waals surface area contributed by atoms with Crippen LogP contribution in [0.15, 0.2) is 82.8 Å². The van der Waals surface area contributed by atoms with E-state index in [1.54, 1.807) is 23.0 Å². The van der Waals surface area contributed by atoms with Crippen molar-refractivity contribution < 1.29 is 14.3 Å². The number of hydrogen-bond donors (Lipinski definition) is 1. The number of carbonyl (C=O) groups excluding carboxylic acids is 1. The van der Waals surface area contributed by atoms with Crippen LogP contribution in [0.1, 0.15) is 16.1 Å². The molecule has 2 aromatic carbocycles. The summed E-state index contributed by atoms with van der Waals surface area (Å²) in [6.07, 6.45) is 4.20. The largest absolute Gasteiger partial charge is 0.359 e. The molecule has 9 nitrogen and oxygen atoms in total. The highest BCUT2D eigenvalue weighted by molar-refractivity contribution is 5.94. The Labute approximate surface area is 159 Å². The Morgan fingerprint density at radius 2 is 1.86 bits per heavy atom. The second-order valence-electron chi connectivity index (χ2n) is 5.74. The molecule has 0 saturated heterocycles. The number of amides is 1. The lowest BCUT2D eigenvalue weighted by Crippen LogP contribution is -2.28. The molecule has 0 spiro atoms. The van der Waals surface area contributed by atoms with Crippen LogP contribution in [0, 0.1) is 5.21 Å². The molecule has 2 aromatic heterocycles. The van der Waals surface area contributed by atoms with Gasteiger partial charge in [0.15, 0.2) is 0 Å². The van der Waals surface area contributed by atoms with Gasteiger partial charge in [0, 0.05) is 16.9 Å². The molecule has 0 aliphatic carbocycles. The van der Waals surface area contributed by atoms with Crippen LogP contribution in [-0.4, -0.2) is 27.1 Å². The summed E-state index contributed by atoms with van der Waals surface area (Å²) in [4.78, 5) is 12.5. The minimum Gasteiger partial charge on any atom is -0.359 e. The number of hydrazone groups is 1. The fourth-order valence-electron chi connectivity index (χ4n) is 2.54. The molecule has 0 unspecified atom stereocenters. The summed E-state index contributed by atoms with van der Waals surface area (Å²) in [6, 6.07) is 18.4. The van der Waals surface area contributed by atoms with Crippen molar-refractivity contribution in [3.05, 3.63) is 89.5 Å². The number of nitrogens with zero attached hydrogens (tertiary/aromatic N) is 5. The zero-order valence-electron chi connectivity index (χ0n) is 14.5. The van der Waals surface area contributed by atoms with Gasteiger partial charge < -0.3 is 5.21 Å². The lowest BCUT2D eigenvalue weighted by atomic mass is 10.1. The SMILES string of the molecule is O=C(N/N=C/c1c(-c2ccccc2)no[n+]1[O-])c1cnn(-c2ccccc2)c1. The maximum Gasteiger partial charge on any atom is 0.274 e. The number of aromatic nitrogens is 4. The first-order valence-electron chi connectivity index (χ1n) is 8.31. The van der Waals surface area contributed by atoms with E-state index in [0.717, 1.165) is 5.69 Å². The molecule has 0 bridgehead atoms. The predicted molar refractivity (Wildman–Crippen MR) is 99.5 cm³/mol. The quantitative estimate of drug-likeness (QED) is 0.326. The second-order valence-corrected chi connectivity index (χ2v) is 5.74. The van der Waals surface area contributed by atoms with Crippen molar-refractivity contribution >= 4 is 12.1 Å². The van der Waals surface area contributed by atoms with Gasteiger partial charge in [0.05, 0.1) is 17.4 Å². The molecule has 0 atom stereocenters. The van der Waals surface area contributed by atoms with Crippen molar-refractivity contribution in [3.63, 3.8) is 0 Å². The number of benzene rings is 2. The minimum absolute atomic E-state index is 0.0754. The zero-order valence-corrected chi connectivity index (χ0v) is 14.5. The Kier molecular flexibility index (Phi) is 4.62. The standard InChI is InChI=1S/C19H14N6O3/c26-19(15-11-21-24(13-15)16-9-5-2-6-10-16)22-20-12-17-18(23-28-25(17)27)14-7-3-1-4-8-14/h1-13H,(H,22,26)/b20-12+. The Bertz CT molecular complexity index is 1120. The van der Waals surface area contributed by atoms with Crippen LogP contribution in [-0.2, 0) is 0 Å². The van der Waals surface area contributed by atoms with Gasteiger partial charge >= 0.3 is 0 Å². The zero-order chi connectivity index (χ0) is 19.3. The van der Waals surface area contributed by atoms with Crippen LogP contribution in [0.2, 0.25) is 0 Å². The van der Waals surface area contributed by atoms with Crippen molar-refractivity contribution in [1.29, 1.82) is 0 Å². The Balaban J connectivity index is 1.48. The van der Waals surface area contributed by atoms with Gasteiger partial charge in [-0.05, 0) is 17.0 Å². The van der Waals surface area contributed by atoms with Crippen LogP contribution in [0.3, 0.4) is 0 Å². The summed E-state index contributed by atoms with van der Waals surface area (Å²) in [6.45, 7) is 0. The van der Waals surface area contributed by atoms with Crippen molar-refractivity contribution in [1.82, 2.24) is 20.4 Å². The first-order valence-corrected chi connectivity index (χ1v) is 8.31. The average molecular weight is 374 g/mol. The Morgan fingerprint density at radius 3 is 2.61 bits per heavy atom. The van der Waals surface area contributed by atoms with Crippen molar-refractivity contribution in [2.75, 3.05) is 0 Å². The highest BCUT2D eigenvalue weighted by Crippen LogP contribution is 2.17. The van der Waals surface area contributed by atoms with E-state index in [9.17, 15) is 10.0 Å². The van der Waals surface area contributed by atoms with Gasteiger partial charge in [-0.15, -0.1) is 0 Å². The third-order valence-electron chi connectivity index (χ3n) is 3.91. The van der Waals surface area contributed by atoms with E-state index < -0.39 is 5.91 Å². The fourth-order valence-corrected chi connectivity index (χ4v) is 2.54. The normalized spacial score (nSPS) is 11.0. The van der Waals surface area contributed by atoms with Gasteiger partial charge in [0.2, 0.25) is 5.69 Å². The lowest BCUT2D eigenvalue weighted by Gasteiger charge is -1.99. The molecule has 9 heteroatoms. The van der Waals surface area contributed by atoms with E-state index >= 15 is 0 Å². The van der Waals surface area contributed by atoms with Crippen molar-refractivity contribution in [2.24, 2.45) is 5.10 Å². The number of para-hydroxylation sites is 1. The maximum absolute atomic E-state index is 12.3. The van der Waals surface area contributed by atoms with E-state index in [-0.39, 0.29) is 10.6 Å². The van der Waals surface area contributed by atoms with E-state index in [4.69, 9.17) is 0 Å². The van der Waals surface area contributed by atoms with E-state index in [2.05, 4.69) is 25.4 Å². The van der Waals surface area contributed by atoms with Gasteiger partial charge in [0.1, 0.15) is 6.21 Å². The molecule has 1 N–H and O–H groups in total. The van der Waals surface area contributed by atoms with E-state index in [1.807, 2.05) is 48.5 Å². The molecule has 4 rings (SSSR count). The highest BCUT2D eigenvalue weighted by Gasteiger charge is 2.19. The molecule has 138 valence electrons. The second kappa shape index (κ2) is 7.54. The molecule has 0 radical (unpaired) electrons. The Morgan fingerprint density at radius 1 is 1.14 bits per heavy atom. The maximum atomic E-state index is 12.3. The van der Waals surface area contributed by atoms with Crippen molar-refractivity contribution in [2.45, 2.75) is 0 Å². The summed E-state index contributed by atoms with van der Waals surface area (Å²) in [7, 11) is 0. The molecule has 2 heterocycles. The van der Waals surface area contributed by atoms with Gasteiger partial charge in [-0.1, -0.05) is 48.5 Å². The first kappa shape index (κ1) is 17.2. The third-order valence-corrected chi connectivity index (χ3v) is 3.91. The first-order chi connectivity index (χ1) is 13.7. The smallest absolute Gasteiger partial charge is 0.274 e. The van der Waals surface area contributed by atoms with Gasteiger partial charge in [-0.25, -0.2) is 10.1 Å². The number of hydrogen-bond acceptors (Lipinski definition) is 6. The van der Waals surface area contributed by atoms with Crippen LogP contribution in [0.25, 0.3) is 16.9 Å². The molecule has 28 heavy (non-hydrogen) atoms. The highest BCUT2D eigenvalue weighted by atomic mass is 16.8. The summed E-state index contributed by atoms with van der Waals surface area (Å²) >= 11 is 0. The monoisotopic (exact) mass is 374 g/mol. The van der Waals surface area contributed by atoms with Crippen molar-refractivity contribution in [3.8, 4) is 16.9 Å². The van der Waals surface area contributed by atoms with Crippen LogP contribution in [0.4, 0.5) is 0 Å². The predicted octanol–water partition coefficient (Wildman–Crippen LogP) is 1.92. The summed E-state index contributed by atoms with van der Waals surface area (Å²) in [5.74, 6) is -0.464. The molecule has 0 aliphatic rings. The molecular formula is C19H14N6O3. The van der Waals surface area contributed by atoms with Crippen LogP contribution < -0.4 is 10.3 Å². The number of carbonyl (C=O) groups is 1. The Hall–Kier alpha value is -4.27. The van der Waals surface area contributed by atoms with Gasteiger partial charge in [-0.2, -0.15) is 10.2 Å². The average Bonchev–Trinajstić information content (AvgIpc) is 3.37. The molecule has 4 aromatic rings. The van der Waals surface area contributed by atoms with Gasteiger partial charge in [-0.3, -0.25) is 9.42 Å². The summed E-state index contributed by atoms with van der Waals surface area (Å²) < 4.78 is 6.22. The third kappa shape index (κ3) is 3.49. The fraction of sp³-hybridized carbons (Fsp3) is 0. The molecule has 0 saturated carbocycles. The molecule has 0 fully saturated rings. The topological polar surface area (TPSA) is 112 Å². The lowest BCUT2D eigenvalue weighted by molar-refractivity contribution is -0.803. The van der Waals surface area contributed by atoms with Crippen LogP contribution in [0.5, 0.6) is 0 Å². The number of rotatable bonds is 5. The minimum atomic E-state index is -0.464. The van der Waals surface area contributed by atoms with Gasteiger partial charge in [0.25, 0.3) is 11.6 Å². The summed E-state index contributed by atoms with van der Waals surface area (Å²) in [5, 5.41) is 23.5. The molecular weight excluding hydrogens is 360 g/mol. The van der Waals surface area contributed by atoms with Crippen LogP contribution >= 0.6 is 0 Å². The van der Waals surface area contributed by atoms with E-state index in [1.165, 1.54) is 12.4 Å². The molecule has 0 aliphatic heterocycles. The summed E-state index contributed by atoms with van der Waals surface area (Å²) in [5.41, 5.74) is 4.61. The van der Waals surface area contributed by atoms with E-state index in [0.29, 0.717) is 16.8 Å². The molecule has 1 amide bonds. The number of nitrogens with one attached hydrogen (secondary N) is 1.